The van der Waals surface area contributed by atoms with Gasteiger partial charge < -0.3 is 19.5 Å². The Balaban J connectivity index is 1.60. The summed E-state index contributed by atoms with van der Waals surface area (Å²) in [5.74, 6) is 0.124. The number of benzene rings is 1. The second-order valence-electron chi connectivity index (χ2n) is 7.24. The lowest BCUT2D eigenvalue weighted by molar-refractivity contribution is -0.138. The highest BCUT2D eigenvalue weighted by atomic mass is 16.5. The molecule has 28 heavy (non-hydrogen) atoms. The number of ether oxygens (including phenoxy) is 1. The van der Waals surface area contributed by atoms with Crippen LogP contribution in [-0.4, -0.2) is 41.6 Å². The SMILES string of the molecule is COCC(=O)N(Cc1cc(C(=O)NCc2ccc(C)cc2)no1)C1CCCC1. The first kappa shape index (κ1) is 20.1. The summed E-state index contributed by atoms with van der Waals surface area (Å²) in [4.78, 5) is 26.5. The zero-order chi connectivity index (χ0) is 19.9. The molecule has 2 aromatic rings. The Labute approximate surface area is 165 Å². The van der Waals surface area contributed by atoms with Crippen molar-refractivity contribution in [2.45, 2.75) is 51.7 Å². The van der Waals surface area contributed by atoms with Gasteiger partial charge in [-0.05, 0) is 25.3 Å². The lowest BCUT2D eigenvalue weighted by Crippen LogP contribution is -2.40. The number of nitrogens with one attached hydrogen (secondary N) is 1. The van der Waals surface area contributed by atoms with E-state index in [0.717, 1.165) is 31.2 Å². The van der Waals surface area contributed by atoms with Crippen LogP contribution < -0.4 is 5.32 Å². The van der Waals surface area contributed by atoms with Crippen molar-refractivity contribution in [3.8, 4) is 0 Å². The highest BCUT2D eigenvalue weighted by Crippen LogP contribution is 2.25. The van der Waals surface area contributed by atoms with E-state index in [1.165, 1.54) is 12.7 Å². The predicted molar refractivity (Wildman–Crippen MR) is 104 cm³/mol. The fourth-order valence-corrected chi connectivity index (χ4v) is 3.48. The first-order valence-corrected chi connectivity index (χ1v) is 9.64. The molecule has 150 valence electrons. The average Bonchev–Trinajstić information content (AvgIpc) is 3.37. The molecular formula is C21H27N3O4. The molecule has 1 aliphatic carbocycles. The van der Waals surface area contributed by atoms with Crippen molar-refractivity contribution in [1.82, 2.24) is 15.4 Å². The second-order valence-corrected chi connectivity index (χ2v) is 7.24. The Morgan fingerprint density at radius 1 is 1.25 bits per heavy atom. The molecule has 1 heterocycles. The highest BCUT2D eigenvalue weighted by Gasteiger charge is 2.28. The van der Waals surface area contributed by atoms with Crippen molar-refractivity contribution in [2.24, 2.45) is 0 Å². The number of nitrogens with zero attached hydrogens (tertiary/aromatic N) is 2. The largest absolute Gasteiger partial charge is 0.375 e. The number of hydrogen-bond acceptors (Lipinski definition) is 5. The van der Waals surface area contributed by atoms with Crippen LogP contribution in [-0.2, 0) is 22.6 Å². The van der Waals surface area contributed by atoms with E-state index in [2.05, 4.69) is 10.5 Å². The van der Waals surface area contributed by atoms with E-state index in [0.29, 0.717) is 18.8 Å². The summed E-state index contributed by atoms with van der Waals surface area (Å²) in [6.45, 7) is 2.77. The van der Waals surface area contributed by atoms with Gasteiger partial charge in [0.25, 0.3) is 5.91 Å². The third-order valence-corrected chi connectivity index (χ3v) is 5.05. The van der Waals surface area contributed by atoms with Gasteiger partial charge in [-0.2, -0.15) is 0 Å². The number of carbonyl (C=O) groups excluding carboxylic acids is 2. The van der Waals surface area contributed by atoms with E-state index in [-0.39, 0.29) is 30.2 Å². The molecule has 1 fully saturated rings. The molecule has 0 unspecified atom stereocenters. The molecule has 2 amide bonds. The molecule has 0 bridgehead atoms. The third kappa shape index (κ3) is 5.19. The van der Waals surface area contributed by atoms with Gasteiger partial charge in [-0.15, -0.1) is 0 Å². The predicted octanol–water partition coefficient (Wildman–Crippen LogP) is 2.83. The fraction of sp³-hybridized carbons (Fsp3) is 0.476. The van der Waals surface area contributed by atoms with E-state index in [4.69, 9.17) is 9.26 Å². The monoisotopic (exact) mass is 385 g/mol. The Hall–Kier alpha value is -2.67. The maximum absolute atomic E-state index is 12.4. The first-order valence-electron chi connectivity index (χ1n) is 9.64. The Morgan fingerprint density at radius 2 is 1.96 bits per heavy atom. The average molecular weight is 385 g/mol. The van der Waals surface area contributed by atoms with Gasteiger partial charge in [0.2, 0.25) is 5.91 Å². The van der Waals surface area contributed by atoms with Crippen molar-refractivity contribution in [1.29, 1.82) is 0 Å². The lowest BCUT2D eigenvalue weighted by atomic mass is 10.1. The van der Waals surface area contributed by atoms with Crippen LogP contribution in [0.5, 0.6) is 0 Å². The van der Waals surface area contributed by atoms with Crippen LogP contribution in [0, 0.1) is 6.92 Å². The summed E-state index contributed by atoms with van der Waals surface area (Å²) in [7, 11) is 1.51. The second kappa shape index (κ2) is 9.50. The summed E-state index contributed by atoms with van der Waals surface area (Å²) in [6.07, 6.45) is 4.19. The van der Waals surface area contributed by atoms with Crippen molar-refractivity contribution in [3.05, 3.63) is 52.9 Å². The Bertz CT molecular complexity index is 794. The summed E-state index contributed by atoms with van der Waals surface area (Å²) in [5.41, 5.74) is 2.40. The molecular weight excluding hydrogens is 358 g/mol. The van der Waals surface area contributed by atoms with Gasteiger partial charge in [0, 0.05) is 25.8 Å². The lowest BCUT2D eigenvalue weighted by Gasteiger charge is -2.27. The quantitative estimate of drug-likeness (QED) is 0.755. The summed E-state index contributed by atoms with van der Waals surface area (Å²) in [5, 5.41) is 6.71. The van der Waals surface area contributed by atoms with Crippen LogP contribution in [0.2, 0.25) is 0 Å². The smallest absolute Gasteiger partial charge is 0.273 e. The van der Waals surface area contributed by atoms with Gasteiger partial charge in [0.15, 0.2) is 11.5 Å². The van der Waals surface area contributed by atoms with Crippen LogP contribution in [0.4, 0.5) is 0 Å². The molecule has 1 aromatic heterocycles. The van der Waals surface area contributed by atoms with E-state index in [9.17, 15) is 9.59 Å². The molecule has 1 aliphatic rings. The molecule has 0 aliphatic heterocycles. The van der Waals surface area contributed by atoms with Gasteiger partial charge in [-0.3, -0.25) is 9.59 Å². The Kier molecular flexibility index (Phi) is 6.81. The molecule has 0 saturated heterocycles. The van der Waals surface area contributed by atoms with Gasteiger partial charge in [-0.25, -0.2) is 0 Å². The highest BCUT2D eigenvalue weighted by molar-refractivity contribution is 5.92. The summed E-state index contributed by atoms with van der Waals surface area (Å²) < 4.78 is 10.3. The standard InChI is InChI=1S/C21H27N3O4/c1-15-7-9-16(10-8-15)12-22-21(26)19-11-18(28-23-19)13-24(20(25)14-27-2)17-5-3-4-6-17/h7-11,17H,3-6,12-14H2,1-2H3,(H,22,26). The minimum Gasteiger partial charge on any atom is -0.375 e. The zero-order valence-corrected chi connectivity index (χ0v) is 16.4. The molecule has 7 nitrogen and oxygen atoms in total. The number of methoxy groups -OCH3 is 1. The van der Waals surface area contributed by atoms with Gasteiger partial charge in [0.05, 0.1) is 6.54 Å². The summed E-state index contributed by atoms with van der Waals surface area (Å²) >= 11 is 0. The van der Waals surface area contributed by atoms with Gasteiger partial charge in [0.1, 0.15) is 6.61 Å². The van der Waals surface area contributed by atoms with Crippen molar-refractivity contribution < 1.29 is 18.8 Å². The third-order valence-electron chi connectivity index (χ3n) is 5.05. The minimum atomic E-state index is -0.300. The molecule has 0 spiro atoms. The number of aryl methyl sites for hydroxylation is 1. The normalized spacial score (nSPS) is 14.2. The molecule has 1 N–H and O–H groups in total. The molecule has 1 aromatic carbocycles. The van der Waals surface area contributed by atoms with Crippen molar-refractivity contribution >= 4 is 11.8 Å². The maximum Gasteiger partial charge on any atom is 0.273 e. The molecule has 7 heteroatoms. The molecule has 0 radical (unpaired) electrons. The van der Waals surface area contributed by atoms with Crippen molar-refractivity contribution in [2.75, 3.05) is 13.7 Å². The van der Waals surface area contributed by atoms with Gasteiger partial charge in [-0.1, -0.05) is 47.8 Å². The Morgan fingerprint density at radius 3 is 2.64 bits per heavy atom. The molecule has 1 saturated carbocycles. The number of aromatic nitrogens is 1. The first-order chi connectivity index (χ1) is 13.6. The van der Waals surface area contributed by atoms with Gasteiger partial charge >= 0.3 is 0 Å². The van der Waals surface area contributed by atoms with Crippen LogP contribution in [0.1, 0.15) is 53.1 Å². The van der Waals surface area contributed by atoms with E-state index in [1.54, 1.807) is 11.0 Å². The van der Waals surface area contributed by atoms with Crippen LogP contribution in [0.3, 0.4) is 0 Å². The number of carbonyl (C=O) groups is 2. The summed E-state index contributed by atoms with van der Waals surface area (Å²) in [6, 6.07) is 9.75. The van der Waals surface area contributed by atoms with E-state index < -0.39 is 0 Å². The van der Waals surface area contributed by atoms with E-state index >= 15 is 0 Å². The topological polar surface area (TPSA) is 84.7 Å². The van der Waals surface area contributed by atoms with E-state index in [1.807, 2.05) is 31.2 Å². The van der Waals surface area contributed by atoms with Crippen LogP contribution in [0.15, 0.2) is 34.9 Å². The molecule has 0 atom stereocenters. The molecule has 3 rings (SSSR count). The minimum absolute atomic E-state index is 0.0362. The van der Waals surface area contributed by atoms with Crippen LogP contribution >= 0.6 is 0 Å². The maximum atomic E-state index is 12.4. The fourth-order valence-electron chi connectivity index (χ4n) is 3.48. The van der Waals surface area contributed by atoms with Crippen LogP contribution in [0.25, 0.3) is 0 Å². The number of rotatable bonds is 8. The van der Waals surface area contributed by atoms with Crippen molar-refractivity contribution in [3.63, 3.8) is 0 Å². The number of amides is 2. The zero-order valence-electron chi connectivity index (χ0n) is 16.4. The number of hydrogen-bond donors (Lipinski definition) is 1.